The van der Waals surface area contributed by atoms with E-state index in [1.807, 2.05) is 6.92 Å². The van der Waals surface area contributed by atoms with Crippen LogP contribution in [0.2, 0.25) is 0 Å². The molecule has 2 unspecified atom stereocenters. The van der Waals surface area contributed by atoms with Crippen molar-refractivity contribution in [1.82, 2.24) is 14.5 Å². The van der Waals surface area contributed by atoms with Crippen molar-refractivity contribution in [3.8, 4) is 6.07 Å². The van der Waals surface area contributed by atoms with Crippen LogP contribution in [0.15, 0.2) is 41.2 Å². The zero-order valence-electron chi connectivity index (χ0n) is 18.3. The number of aryl methyl sites for hydroxylation is 1. The molecule has 0 spiro atoms. The molecule has 32 heavy (non-hydrogen) atoms. The molecule has 3 heterocycles. The maximum Gasteiger partial charge on any atom is 0.252 e. The van der Waals surface area contributed by atoms with Gasteiger partial charge in [0.1, 0.15) is 28.9 Å². The number of nitrogens with zero attached hydrogens (tertiary/aromatic N) is 5. The number of benzene rings is 1. The summed E-state index contributed by atoms with van der Waals surface area (Å²) >= 11 is 0. The van der Waals surface area contributed by atoms with Gasteiger partial charge in [0.2, 0.25) is 0 Å². The van der Waals surface area contributed by atoms with E-state index in [0.29, 0.717) is 54.0 Å². The molecule has 1 fully saturated rings. The Labute approximate surface area is 185 Å². The Bertz CT molecular complexity index is 1270. The Morgan fingerprint density at radius 3 is 2.66 bits per heavy atom. The number of rotatable bonds is 4. The summed E-state index contributed by atoms with van der Waals surface area (Å²) in [5.41, 5.74) is 2.63. The van der Waals surface area contributed by atoms with Crippen LogP contribution in [0.5, 0.6) is 0 Å². The van der Waals surface area contributed by atoms with Gasteiger partial charge in [-0.05, 0) is 31.5 Å². The summed E-state index contributed by atoms with van der Waals surface area (Å²) in [7, 11) is 1.69. The normalized spacial score (nSPS) is 18.0. The summed E-state index contributed by atoms with van der Waals surface area (Å²) in [4.78, 5) is 21.4. The van der Waals surface area contributed by atoms with Crippen LogP contribution in [0.3, 0.4) is 0 Å². The van der Waals surface area contributed by atoms with Crippen LogP contribution in [0.4, 0.5) is 14.5 Å². The fraction of sp³-hybridized carbons (Fsp3) is 0.375. The van der Waals surface area contributed by atoms with Gasteiger partial charge in [0, 0.05) is 56.5 Å². The predicted molar refractivity (Wildman–Crippen MR) is 119 cm³/mol. The minimum atomic E-state index is -0.582. The van der Waals surface area contributed by atoms with Crippen LogP contribution >= 0.6 is 0 Å². The summed E-state index contributed by atoms with van der Waals surface area (Å²) < 4.78 is 29.4. The molecule has 0 bridgehead atoms. The zero-order chi connectivity index (χ0) is 23.0. The van der Waals surface area contributed by atoms with E-state index in [4.69, 9.17) is 0 Å². The van der Waals surface area contributed by atoms with Gasteiger partial charge in [-0.25, -0.2) is 13.8 Å². The first-order valence-corrected chi connectivity index (χ1v) is 10.7. The Kier molecular flexibility index (Phi) is 5.94. The van der Waals surface area contributed by atoms with E-state index < -0.39 is 11.6 Å². The molecule has 6 nitrogen and oxygen atoms in total. The summed E-state index contributed by atoms with van der Waals surface area (Å²) in [6.45, 7) is 5.95. The third-order valence-electron chi connectivity index (χ3n) is 6.30. The molecule has 0 aliphatic carbocycles. The monoisotopic (exact) mass is 437 g/mol. The summed E-state index contributed by atoms with van der Waals surface area (Å²) in [6.07, 6.45) is 0.692. The van der Waals surface area contributed by atoms with Crippen molar-refractivity contribution in [2.24, 2.45) is 7.05 Å². The first-order chi connectivity index (χ1) is 15.3. The number of nitriles is 1. The molecule has 1 saturated heterocycles. The van der Waals surface area contributed by atoms with E-state index in [1.54, 1.807) is 25.2 Å². The van der Waals surface area contributed by atoms with E-state index in [2.05, 4.69) is 27.8 Å². The smallest absolute Gasteiger partial charge is 0.252 e. The molecule has 166 valence electrons. The molecule has 0 N–H and O–H groups in total. The third-order valence-corrected chi connectivity index (χ3v) is 6.30. The van der Waals surface area contributed by atoms with E-state index in [-0.39, 0.29) is 17.6 Å². The van der Waals surface area contributed by atoms with Crippen molar-refractivity contribution in [3.05, 3.63) is 69.6 Å². The molecule has 1 aliphatic heterocycles. The second kappa shape index (κ2) is 8.67. The lowest BCUT2D eigenvalue weighted by atomic mass is 9.99. The van der Waals surface area contributed by atoms with Crippen LogP contribution in [-0.4, -0.2) is 40.1 Å². The van der Waals surface area contributed by atoms with Crippen LogP contribution in [0.1, 0.15) is 37.6 Å². The molecule has 2 atom stereocenters. The molecule has 1 aliphatic rings. The standard InChI is InChI=1S/C24H25F2N5O/c1-4-20(18-7-5-16(25)11-19(18)26)30-9-10-31(15(2)14-30)22-12-23(32)29(3)21-8-6-17(13-27)28-24(21)22/h5-8,11-12,15,20H,4,9-10,14H2,1-3H3. The Morgan fingerprint density at radius 1 is 1.22 bits per heavy atom. The molecule has 0 saturated carbocycles. The number of anilines is 1. The van der Waals surface area contributed by atoms with Crippen molar-refractivity contribution in [1.29, 1.82) is 5.26 Å². The van der Waals surface area contributed by atoms with Crippen molar-refractivity contribution >= 4 is 16.7 Å². The SMILES string of the molecule is CCC(c1ccc(F)cc1F)N1CCN(c2cc(=O)n(C)c3ccc(C#N)nc23)C(C)C1. The second-order valence-corrected chi connectivity index (χ2v) is 8.23. The van der Waals surface area contributed by atoms with Gasteiger partial charge in [-0.2, -0.15) is 5.26 Å². The molecular formula is C24H25F2N5O. The molecule has 8 heteroatoms. The van der Waals surface area contributed by atoms with E-state index in [0.717, 1.165) is 6.07 Å². The van der Waals surface area contributed by atoms with Gasteiger partial charge in [-0.15, -0.1) is 0 Å². The number of pyridine rings is 2. The molecule has 4 rings (SSSR count). The van der Waals surface area contributed by atoms with Crippen molar-refractivity contribution in [2.45, 2.75) is 32.4 Å². The van der Waals surface area contributed by atoms with Gasteiger partial charge in [0.25, 0.3) is 5.56 Å². The Balaban J connectivity index is 1.67. The number of halogens is 2. The lowest BCUT2D eigenvalue weighted by Gasteiger charge is -2.44. The summed E-state index contributed by atoms with van der Waals surface area (Å²) in [6, 6.07) is 10.6. The van der Waals surface area contributed by atoms with Gasteiger partial charge in [0.15, 0.2) is 0 Å². The van der Waals surface area contributed by atoms with Gasteiger partial charge in [-0.3, -0.25) is 9.69 Å². The highest BCUT2D eigenvalue weighted by Gasteiger charge is 2.31. The zero-order valence-corrected chi connectivity index (χ0v) is 18.3. The van der Waals surface area contributed by atoms with Crippen molar-refractivity contribution < 1.29 is 8.78 Å². The lowest BCUT2D eigenvalue weighted by Crippen LogP contribution is -2.53. The van der Waals surface area contributed by atoms with Crippen molar-refractivity contribution in [3.63, 3.8) is 0 Å². The maximum absolute atomic E-state index is 14.5. The number of hydrogen-bond donors (Lipinski definition) is 0. The Morgan fingerprint density at radius 2 is 2.00 bits per heavy atom. The topological polar surface area (TPSA) is 65.2 Å². The largest absolute Gasteiger partial charge is 0.364 e. The minimum Gasteiger partial charge on any atom is -0.364 e. The Hall–Kier alpha value is -3.31. The van der Waals surface area contributed by atoms with Crippen molar-refractivity contribution in [2.75, 3.05) is 24.5 Å². The van der Waals surface area contributed by atoms with Crippen LogP contribution in [0, 0.1) is 23.0 Å². The van der Waals surface area contributed by atoms with E-state index in [9.17, 15) is 18.8 Å². The molecule has 3 aromatic rings. The molecular weight excluding hydrogens is 412 g/mol. The quantitative estimate of drug-likeness (QED) is 0.622. The predicted octanol–water partition coefficient (Wildman–Crippen LogP) is 3.75. The average molecular weight is 437 g/mol. The fourth-order valence-corrected chi connectivity index (χ4v) is 4.67. The molecule has 1 aromatic carbocycles. The van der Waals surface area contributed by atoms with Crippen LogP contribution in [0.25, 0.3) is 11.0 Å². The number of piperazine rings is 1. The average Bonchev–Trinajstić information content (AvgIpc) is 2.78. The van der Waals surface area contributed by atoms with Gasteiger partial charge in [-0.1, -0.05) is 13.0 Å². The first kappa shape index (κ1) is 21.9. The third kappa shape index (κ3) is 3.84. The van der Waals surface area contributed by atoms with E-state index in [1.165, 1.54) is 16.7 Å². The highest BCUT2D eigenvalue weighted by atomic mass is 19.1. The van der Waals surface area contributed by atoms with Crippen LogP contribution in [-0.2, 0) is 7.05 Å². The number of fused-ring (bicyclic) bond motifs is 1. The van der Waals surface area contributed by atoms with E-state index >= 15 is 0 Å². The van der Waals surface area contributed by atoms with Gasteiger partial charge < -0.3 is 9.47 Å². The minimum absolute atomic E-state index is 0.0177. The number of hydrogen-bond acceptors (Lipinski definition) is 5. The lowest BCUT2D eigenvalue weighted by molar-refractivity contribution is 0.157. The molecule has 0 radical (unpaired) electrons. The maximum atomic E-state index is 14.5. The summed E-state index contributed by atoms with van der Waals surface area (Å²) in [5, 5.41) is 9.29. The number of aromatic nitrogens is 2. The first-order valence-electron chi connectivity index (χ1n) is 10.7. The fourth-order valence-electron chi connectivity index (χ4n) is 4.67. The molecule has 2 aromatic heterocycles. The van der Waals surface area contributed by atoms with Gasteiger partial charge in [0.05, 0.1) is 11.2 Å². The highest BCUT2D eigenvalue weighted by Crippen LogP contribution is 2.32. The van der Waals surface area contributed by atoms with Crippen LogP contribution < -0.4 is 10.5 Å². The molecule has 0 amide bonds. The van der Waals surface area contributed by atoms with Gasteiger partial charge >= 0.3 is 0 Å². The highest BCUT2D eigenvalue weighted by molar-refractivity contribution is 5.88. The summed E-state index contributed by atoms with van der Waals surface area (Å²) in [5.74, 6) is -1.11. The second-order valence-electron chi connectivity index (χ2n) is 8.23.